The minimum absolute atomic E-state index is 0.239. The second-order valence-corrected chi connectivity index (χ2v) is 3.08. The SMILES string of the molecule is CC(=O)OCCNc1ccccc1C. The zero-order valence-electron chi connectivity index (χ0n) is 8.54. The second kappa shape index (κ2) is 5.27. The molecule has 76 valence electrons. The largest absolute Gasteiger partial charge is 0.464 e. The number of rotatable bonds is 4. The number of ether oxygens (including phenoxy) is 1. The van der Waals surface area contributed by atoms with Gasteiger partial charge in [0.1, 0.15) is 6.61 Å². The van der Waals surface area contributed by atoms with E-state index >= 15 is 0 Å². The normalized spacial score (nSPS) is 9.57. The fraction of sp³-hybridized carbons (Fsp3) is 0.364. The Bertz CT molecular complexity index is 310. The van der Waals surface area contributed by atoms with Crippen molar-refractivity contribution in [1.82, 2.24) is 0 Å². The first-order valence-corrected chi connectivity index (χ1v) is 4.63. The quantitative estimate of drug-likeness (QED) is 0.587. The topological polar surface area (TPSA) is 38.3 Å². The van der Waals surface area contributed by atoms with Crippen LogP contribution in [-0.2, 0) is 9.53 Å². The van der Waals surface area contributed by atoms with Gasteiger partial charge >= 0.3 is 5.97 Å². The summed E-state index contributed by atoms with van der Waals surface area (Å²) in [6.07, 6.45) is 0. The van der Waals surface area contributed by atoms with Gasteiger partial charge in [0.05, 0.1) is 0 Å². The molecule has 0 saturated heterocycles. The number of hydrogen-bond donors (Lipinski definition) is 1. The zero-order chi connectivity index (χ0) is 10.4. The van der Waals surface area contributed by atoms with Gasteiger partial charge in [0, 0.05) is 19.2 Å². The Morgan fingerprint density at radius 2 is 2.14 bits per heavy atom. The fourth-order valence-electron chi connectivity index (χ4n) is 1.15. The van der Waals surface area contributed by atoms with Gasteiger partial charge in [0.25, 0.3) is 0 Å². The highest BCUT2D eigenvalue weighted by molar-refractivity contribution is 5.65. The zero-order valence-corrected chi connectivity index (χ0v) is 8.54. The van der Waals surface area contributed by atoms with Gasteiger partial charge < -0.3 is 10.1 Å². The van der Waals surface area contributed by atoms with E-state index in [1.54, 1.807) is 0 Å². The summed E-state index contributed by atoms with van der Waals surface area (Å²) in [6.45, 7) is 4.50. The number of hydrogen-bond acceptors (Lipinski definition) is 3. The molecule has 1 rings (SSSR count). The monoisotopic (exact) mass is 193 g/mol. The molecule has 14 heavy (non-hydrogen) atoms. The molecule has 0 radical (unpaired) electrons. The number of nitrogens with one attached hydrogen (secondary N) is 1. The van der Waals surface area contributed by atoms with Gasteiger partial charge in [-0.15, -0.1) is 0 Å². The van der Waals surface area contributed by atoms with Crippen molar-refractivity contribution in [2.75, 3.05) is 18.5 Å². The highest BCUT2D eigenvalue weighted by Crippen LogP contribution is 2.12. The molecule has 0 aliphatic rings. The number of para-hydroxylation sites is 1. The standard InChI is InChI=1S/C11H15NO2/c1-9-5-3-4-6-11(9)12-7-8-14-10(2)13/h3-6,12H,7-8H2,1-2H3. The number of esters is 1. The third-order valence-corrected chi connectivity index (χ3v) is 1.87. The molecule has 0 unspecified atom stereocenters. The van der Waals surface area contributed by atoms with Crippen LogP contribution >= 0.6 is 0 Å². The van der Waals surface area contributed by atoms with Crippen molar-refractivity contribution < 1.29 is 9.53 Å². The van der Waals surface area contributed by atoms with Crippen molar-refractivity contribution in [2.45, 2.75) is 13.8 Å². The maximum absolute atomic E-state index is 10.5. The minimum Gasteiger partial charge on any atom is -0.464 e. The lowest BCUT2D eigenvalue weighted by molar-refractivity contribution is -0.140. The summed E-state index contributed by atoms with van der Waals surface area (Å²) in [5.74, 6) is -0.239. The van der Waals surface area contributed by atoms with Crippen LogP contribution in [0.2, 0.25) is 0 Å². The maximum atomic E-state index is 10.5. The number of carbonyl (C=O) groups is 1. The van der Waals surface area contributed by atoms with E-state index in [0.717, 1.165) is 5.69 Å². The summed E-state index contributed by atoms with van der Waals surface area (Å²) >= 11 is 0. The molecule has 0 bridgehead atoms. The van der Waals surface area contributed by atoms with Crippen molar-refractivity contribution in [3.05, 3.63) is 29.8 Å². The lowest BCUT2D eigenvalue weighted by atomic mass is 10.2. The van der Waals surface area contributed by atoms with Gasteiger partial charge in [-0.1, -0.05) is 18.2 Å². The molecule has 0 amide bonds. The Kier molecular flexibility index (Phi) is 3.98. The smallest absolute Gasteiger partial charge is 0.302 e. The average Bonchev–Trinajstić information content (AvgIpc) is 2.15. The summed E-state index contributed by atoms with van der Waals surface area (Å²) in [7, 11) is 0. The van der Waals surface area contributed by atoms with Crippen LogP contribution in [0, 0.1) is 6.92 Å². The van der Waals surface area contributed by atoms with E-state index in [1.165, 1.54) is 12.5 Å². The van der Waals surface area contributed by atoms with E-state index in [1.807, 2.05) is 31.2 Å². The van der Waals surface area contributed by atoms with Crippen molar-refractivity contribution in [1.29, 1.82) is 0 Å². The predicted molar refractivity (Wildman–Crippen MR) is 56.3 cm³/mol. The third-order valence-electron chi connectivity index (χ3n) is 1.87. The predicted octanol–water partition coefficient (Wildman–Crippen LogP) is 1.97. The Hall–Kier alpha value is -1.51. The van der Waals surface area contributed by atoms with E-state index in [9.17, 15) is 4.79 Å². The van der Waals surface area contributed by atoms with Gasteiger partial charge in [-0.3, -0.25) is 4.79 Å². The molecule has 0 saturated carbocycles. The van der Waals surface area contributed by atoms with E-state index in [0.29, 0.717) is 13.2 Å². The number of benzene rings is 1. The van der Waals surface area contributed by atoms with Crippen LogP contribution in [0.3, 0.4) is 0 Å². The average molecular weight is 193 g/mol. The second-order valence-electron chi connectivity index (χ2n) is 3.08. The highest BCUT2D eigenvalue weighted by Gasteiger charge is 1.95. The number of aryl methyl sites for hydroxylation is 1. The lowest BCUT2D eigenvalue weighted by Crippen LogP contribution is -2.12. The van der Waals surface area contributed by atoms with Crippen LogP contribution < -0.4 is 5.32 Å². The van der Waals surface area contributed by atoms with Crippen LogP contribution in [0.15, 0.2) is 24.3 Å². The molecular formula is C11H15NO2. The molecule has 0 heterocycles. The van der Waals surface area contributed by atoms with Gasteiger partial charge in [0.15, 0.2) is 0 Å². The molecule has 0 fully saturated rings. The van der Waals surface area contributed by atoms with Crippen LogP contribution in [-0.4, -0.2) is 19.1 Å². The molecule has 3 heteroatoms. The molecule has 1 N–H and O–H groups in total. The third kappa shape index (κ3) is 3.47. The first-order valence-electron chi connectivity index (χ1n) is 4.63. The van der Waals surface area contributed by atoms with Crippen molar-refractivity contribution in [3.8, 4) is 0 Å². The summed E-state index contributed by atoms with van der Waals surface area (Å²) in [6, 6.07) is 8.00. The minimum atomic E-state index is -0.239. The van der Waals surface area contributed by atoms with Crippen molar-refractivity contribution >= 4 is 11.7 Å². The van der Waals surface area contributed by atoms with E-state index in [4.69, 9.17) is 4.74 Å². The summed E-state index contributed by atoms with van der Waals surface area (Å²) in [5, 5.41) is 3.19. The molecule has 1 aromatic carbocycles. The molecule has 1 aromatic rings. The molecule has 0 spiro atoms. The van der Waals surface area contributed by atoms with Crippen molar-refractivity contribution in [3.63, 3.8) is 0 Å². The molecule has 0 aliphatic heterocycles. The van der Waals surface area contributed by atoms with Crippen LogP contribution in [0.4, 0.5) is 5.69 Å². The van der Waals surface area contributed by atoms with E-state index < -0.39 is 0 Å². The Labute approximate surface area is 84.1 Å². The summed E-state index contributed by atoms with van der Waals surface area (Å²) in [5.41, 5.74) is 2.27. The molecule has 0 aromatic heterocycles. The molecule has 0 aliphatic carbocycles. The fourth-order valence-corrected chi connectivity index (χ4v) is 1.15. The van der Waals surface area contributed by atoms with Crippen LogP contribution in [0.1, 0.15) is 12.5 Å². The molecule has 0 atom stereocenters. The summed E-state index contributed by atoms with van der Waals surface area (Å²) < 4.78 is 4.80. The Morgan fingerprint density at radius 3 is 2.79 bits per heavy atom. The summed E-state index contributed by atoms with van der Waals surface area (Å²) in [4.78, 5) is 10.5. The van der Waals surface area contributed by atoms with Crippen LogP contribution in [0.25, 0.3) is 0 Å². The van der Waals surface area contributed by atoms with Gasteiger partial charge in [-0.2, -0.15) is 0 Å². The number of anilines is 1. The Morgan fingerprint density at radius 1 is 1.43 bits per heavy atom. The Balaban J connectivity index is 2.31. The first-order chi connectivity index (χ1) is 6.70. The molecule has 3 nitrogen and oxygen atoms in total. The lowest BCUT2D eigenvalue weighted by Gasteiger charge is -2.08. The first kappa shape index (κ1) is 10.6. The van der Waals surface area contributed by atoms with E-state index in [-0.39, 0.29) is 5.97 Å². The van der Waals surface area contributed by atoms with Gasteiger partial charge in [-0.25, -0.2) is 0 Å². The number of carbonyl (C=O) groups excluding carboxylic acids is 1. The maximum Gasteiger partial charge on any atom is 0.302 e. The van der Waals surface area contributed by atoms with E-state index in [2.05, 4.69) is 5.32 Å². The molecular weight excluding hydrogens is 178 g/mol. The van der Waals surface area contributed by atoms with Crippen molar-refractivity contribution in [2.24, 2.45) is 0 Å². The highest BCUT2D eigenvalue weighted by atomic mass is 16.5. The van der Waals surface area contributed by atoms with Crippen LogP contribution in [0.5, 0.6) is 0 Å². The van der Waals surface area contributed by atoms with Gasteiger partial charge in [-0.05, 0) is 18.6 Å². The van der Waals surface area contributed by atoms with Gasteiger partial charge in [0.2, 0.25) is 0 Å².